The molecule has 6 aromatic heterocycles. The number of rotatable bonds is 10. The molecule has 0 amide bonds. The zero-order chi connectivity index (χ0) is 50.6. The highest BCUT2D eigenvalue weighted by molar-refractivity contribution is 7.17. The van der Waals surface area contributed by atoms with Gasteiger partial charge in [0.2, 0.25) is 0 Å². The van der Waals surface area contributed by atoms with Crippen LogP contribution in [-0.2, 0) is 0 Å². The Kier molecular flexibility index (Phi) is 12.2. The first-order chi connectivity index (χ1) is 34.1. The first-order valence-electron chi connectivity index (χ1n) is 20.8. The van der Waals surface area contributed by atoms with Gasteiger partial charge in [0.15, 0.2) is 0 Å². The van der Waals surface area contributed by atoms with Crippen molar-refractivity contribution in [2.24, 2.45) is 0 Å². The second-order valence-corrected chi connectivity index (χ2v) is 20.4. The van der Waals surface area contributed by atoms with E-state index in [0.717, 1.165) is 45.3 Å². The van der Waals surface area contributed by atoms with Gasteiger partial charge in [-0.1, -0.05) is 36.4 Å². The molecule has 0 N–H and O–H groups in total. The number of aromatic nitrogens is 2. The third-order valence-corrected chi connectivity index (χ3v) is 16.1. The van der Waals surface area contributed by atoms with E-state index in [1.54, 1.807) is 143 Å². The molecule has 0 unspecified atom stereocenters. The predicted molar refractivity (Wildman–Crippen MR) is 263 cm³/mol. The molecule has 0 saturated heterocycles. The van der Waals surface area contributed by atoms with Crippen LogP contribution < -0.4 is 0 Å². The summed E-state index contributed by atoms with van der Waals surface area (Å²) in [4.78, 5) is 2.59. The summed E-state index contributed by atoms with van der Waals surface area (Å²) in [5, 5.41) is 57.5. The van der Waals surface area contributed by atoms with E-state index < -0.39 is 40.0 Å². The smallest absolute Gasteiger partial charge is 0.308 e. The van der Waals surface area contributed by atoms with Crippen LogP contribution in [0.3, 0.4) is 0 Å². The molecule has 6 heterocycles. The van der Waals surface area contributed by atoms with Gasteiger partial charge in [0, 0.05) is 42.0 Å². The molecule has 71 heavy (non-hydrogen) atoms. The van der Waals surface area contributed by atoms with Crippen LogP contribution in [0.2, 0.25) is 0 Å². The number of nitrogens with zero attached hydrogens (tertiary/aromatic N) is 8. The van der Waals surface area contributed by atoms with Crippen LogP contribution in [0.5, 0.6) is 0 Å². The minimum Gasteiger partial charge on any atom is -0.308 e. The number of aryl methyl sites for hydroxylation is 2. The minimum absolute atomic E-state index is 0.0721. The fraction of sp³-hybridized carbons (Fsp3) is 0.0943. The van der Waals surface area contributed by atoms with E-state index >= 15 is 26.3 Å². The lowest BCUT2D eigenvalue weighted by atomic mass is 9.95. The van der Waals surface area contributed by atoms with Crippen molar-refractivity contribution >= 4 is 67.6 Å². The van der Waals surface area contributed by atoms with Gasteiger partial charge in [-0.05, 0) is 110 Å². The second kappa shape index (κ2) is 18.1. The van der Waals surface area contributed by atoms with Crippen molar-refractivity contribution in [3.05, 3.63) is 163 Å². The van der Waals surface area contributed by atoms with E-state index in [0.29, 0.717) is 63.4 Å². The van der Waals surface area contributed by atoms with E-state index in [9.17, 15) is 31.6 Å². The van der Waals surface area contributed by atoms with Crippen LogP contribution in [0, 0.1) is 81.8 Å². The van der Waals surface area contributed by atoms with Crippen LogP contribution in [0.4, 0.5) is 26.3 Å². The Morgan fingerprint density at radius 1 is 0.423 bits per heavy atom. The molecule has 0 spiro atoms. The largest absolute Gasteiger partial charge is 0.380 e. The van der Waals surface area contributed by atoms with Gasteiger partial charge < -0.3 is 9.13 Å². The molecule has 2 aromatic carbocycles. The van der Waals surface area contributed by atoms with Crippen LogP contribution >= 0.6 is 45.3 Å². The molecular formula is C53H26F6N8S4. The van der Waals surface area contributed by atoms with E-state index in [-0.39, 0.29) is 32.0 Å². The summed E-state index contributed by atoms with van der Waals surface area (Å²) in [7, 11) is 0. The number of alkyl halides is 6. The molecule has 8 nitrogen and oxygen atoms in total. The molecule has 0 saturated carbocycles. The molecular weight excluding hydrogens is 991 g/mol. The highest BCUT2D eigenvalue weighted by atomic mass is 32.1. The fourth-order valence-corrected chi connectivity index (χ4v) is 12.6. The summed E-state index contributed by atoms with van der Waals surface area (Å²) in [6, 6.07) is 44.3. The maximum absolute atomic E-state index is 16.6. The van der Waals surface area contributed by atoms with Crippen molar-refractivity contribution in [1.29, 1.82) is 31.6 Å². The van der Waals surface area contributed by atoms with Gasteiger partial charge in [0.1, 0.15) is 47.6 Å². The standard InChI is InChI=1S/C53H26F6N8S4/c1-29-35(21-47(68-29)41-15-13-39(66(41)33-9-5-3-6-10-33)45-19-17-43(70-45)37(27-64)31(23-60)24-61)49-50(52(56,57)53(58,59)51(49,54)55)36-22-48(69-30(36)2)42-16-14-40(67(42)34-11-7-4-8-12-34)46-20-18-44(71-46)38(28-65)32(25-62)26-63/h3-22H,1-2H3. The number of benzene rings is 2. The SMILES string of the molecule is Cc1sc(-c2ccc(-c3ccc(C(C#N)=C(C#N)C#N)s3)n2-c2ccccc2)cc1C1=C(c2cc(-c3ccc(-c4ccc(C(C#N)=C(C#N)C#N)s4)n3-c3ccccc3)sc2C)C(F)(F)C(F)(F)C1(F)F. The summed E-state index contributed by atoms with van der Waals surface area (Å²) in [6.07, 6.45) is 0. The Labute approximate surface area is 417 Å². The van der Waals surface area contributed by atoms with Crippen LogP contribution in [0.15, 0.2) is 132 Å². The van der Waals surface area contributed by atoms with E-state index in [1.165, 1.54) is 26.0 Å². The van der Waals surface area contributed by atoms with Crippen LogP contribution in [0.1, 0.15) is 30.6 Å². The lowest BCUT2D eigenvalue weighted by molar-refractivity contribution is -0.254. The van der Waals surface area contributed by atoms with E-state index in [1.807, 2.05) is 12.1 Å². The molecule has 0 aliphatic heterocycles. The van der Waals surface area contributed by atoms with Gasteiger partial charge in [0.05, 0.1) is 53.4 Å². The van der Waals surface area contributed by atoms with Crippen molar-refractivity contribution in [3.8, 4) is 90.1 Å². The van der Waals surface area contributed by atoms with Crippen LogP contribution in [0.25, 0.3) is 76.0 Å². The number of thiophene rings is 4. The summed E-state index contributed by atoms with van der Waals surface area (Å²) in [5.41, 5.74) is -1.83. The zero-order valence-corrected chi connectivity index (χ0v) is 39.8. The highest BCUT2D eigenvalue weighted by Crippen LogP contribution is 2.66. The lowest BCUT2D eigenvalue weighted by Crippen LogP contribution is -2.48. The van der Waals surface area contributed by atoms with Crippen molar-refractivity contribution in [3.63, 3.8) is 0 Å². The number of para-hydroxylation sites is 2. The molecule has 0 bridgehead atoms. The van der Waals surface area contributed by atoms with Crippen molar-refractivity contribution < 1.29 is 26.3 Å². The molecule has 0 radical (unpaired) electrons. The first-order valence-corrected chi connectivity index (χ1v) is 24.1. The Morgan fingerprint density at radius 2 is 0.761 bits per heavy atom. The lowest BCUT2D eigenvalue weighted by Gasteiger charge is -2.25. The molecule has 0 atom stereocenters. The number of nitriles is 6. The highest BCUT2D eigenvalue weighted by Gasteiger charge is 2.80. The maximum atomic E-state index is 16.6. The minimum atomic E-state index is -5.84. The average molecular weight is 1020 g/mol. The summed E-state index contributed by atoms with van der Waals surface area (Å²) in [6.45, 7) is 2.82. The van der Waals surface area contributed by atoms with Gasteiger partial charge in [0.25, 0.3) is 0 Å². The summed E-state index contributed by atoms with van der Waals surface area (Å²) < 4.78 is 102. The molecule has 18 heteroatoms. The quantitative estimate of drug-likeness (QED) is 0.0982. The van der Waals surface area contributed by atoms with Crippen molar-refractivity contribution in [1.82, 2.24) is 9.13 Å². The predicted octanol–water partition coefficient (Wildman–Crippen LogP) is 15.3. The molecule has 344 valence electrons. The van der Waals surface area contributed by atoms with E-state index in [4.69, 9.17) is 0 Å². The fourth-order valence-electron chi connectivity index (χ4n) is 8.46. The molecule has 8 aromatic rings. The Bertz CT molecular complexity index is 3570. The monoisotopic (exact) mass is 1020 g/mol. The molecule has 0 fully saturated rings. The third-order valence-electron chi connectivity index (χ3n) is 11.7. The first kappa shape index (κ1) is 47.6. The van der Waals surface area contributed by atoms with Gasteiger partial charge in [-0.25, -0.2) is 0 Å². The topological polar surface area (TPSA) is 153 Å². The maximum Gasteiger partial charge on any atom is 0.380 e. The third kappa shape index (κ3) is 7.59. The summed E-state index contributed by atoms with van der Waals surface area (Å²) in [5.74, 6) is -16.5. The second-order valence-electron chi connectivity index (χ2n) is 15.7. The number of hydrogen-bond acceptors (Lipinski definition) is 10. The van der Waals surface area contributed by atoms with Gasteiger partial charge in [-0.2, -0.15) is 57.9 Å². The van der Waals surface area contributed by atoms with Gasteiger partial charge in [-0.15, -0.1) is 45.3 Å². The average Bonchev–Trinajstić information content (AvgIpc) is 4.25. The number of halogens is 6. The molecule has 1 aliphatic carbocycles. The Morgan fingerprint density at radius 3 is 1.08 bits per heavy atom. The summed E-state index contributed by atoms with van der Waals surface area (Å²) >= 11 is 4.16. The Hall–Kier alpha value is -8.46. The van der Waals surface area contributed by atoms with Crippen LogP contribution in [-0.4, -0.2) is 26.9 Å². The van der Waals surface area contributed by atoms with Crippen molar-refractivity contribution in [2.45, 2.75) is 31.6 Å². The molecule has 9 rings (SSSR count). The Balaban J connectivity index is 1.21. The van der Waals surface area contributed by atoms with E-state index in [2.05, 4.69) is 0 Å². The number of hydrogen-bond donors (Lipinski definition) is 0. The normalized spacial score (nSPS) is 14.1. The van der Waals surface area contributed by atoms with Crippen molar-refractivity contribution in [2.75, 3.05) is 0 Å². The zero-order valence-electron chi connectivity index (χ0n) is 36.5. The molecule has 1 aliphatic rings. The van der Waals surface area contributed by atoms with Gasteiger partial charge in [-0.3, -0.25) is 0 Å². The van der Waals surface area contributed by atoms with Gasteiger partial charge >= 0.3 is 17.8 Å². The number of allylic oxidation sites excluding steroid dienone is 6.